The first kappa shape index (κ1) is 20.2. The van der Waals surface area contributed by atoms with Gasteiger partial charge in [0.25, 0.3) is 5.91 Å². The number of nitrogens with one attached hydrogen (secondary N) is 1. The van der Waals surface area contributed by atoms with Crippen LogP contribution in [0.4, 0.5) is 0 Å². The Morgan fingerprint density at radius 2 is 1.83 bits per heavy atom. The molecule has 4 rings (SSSR count). The molecule has 0 aromatic heterocycles. The molecule has 2 aliphatic heterocycles. The second kappa shape index (κ2) is 9.17. The van der Waals surface area contributed by atoms with Gasteiger partial charge in [0.2, 0.25) is 12.7 Å². The number of carbonyl (C=O) groups excluding carboxylic acids is 2. The van der Waals surface area contributed by atoms with Gasteiger partial charge in [0.05, 0.1) is 13.0 Å². The van der Waals surface area contributed by atoms with E-state index in [4.69, 9.17) is 14.6 Å². The van der Waals surface area contributed by atoms with Gasteiger partial charge in [-0.15, -0.1) is 0 Å². The van der Waals surface area contributed by atoms with Crippen LogP contribution in [0.3, 0.4) is 0 Å². The lowest BCUT2D eigenvalue weighted by Gasteiger charge is -2.17. The van der Waals surface area contributed by atoms with Crippen molar-refractivity contribution in [2.45, 2.75) is 19.3 Å². The smallest absolute Gasteiger partial charge is 0.251 e. The van der Waals surface area contributed by atoms with Crippen LogP contribution in [0, 0.1) is 5.92 Å². The second-order valence-electron chi connectivity index (χ2n) is 7.74. The Morgan fingerprint density at radius 1 is 1.07 bits per heavy atom. The Morgan fingerprint density at radius 3 is 2.63 bits per heavy atom. The maximum atomic E-state index is 12.7. The van der Waals surface area contributed by atoms with Gasteiger partial charge in [-0.1, -0.05) is 18.2 Å². The molecule has 2 amide bonds. The summed E-state index contributed by atoms with van der Waals surface area (Å²) in [7, 11) is 0. The highest BCUT2D eigenvalue weighted by Crippen LogP contribution is 2.33. The SMILES string of the molecule is O=C(NCCO)c1ccc(CC2CCN(C(=O)Cc3ccc4c(c3)OCO4)C2)cc1. The van der Waals surface area contributed by atoms with Crippen molar-refractivity contribution in [3.8, 4) is 11.5 Å². The Labute approximate surface area is 175 Å². The van der Waals surface area contributed by atoms with Crippen LogP contribution in [0.5, 0.6) is 11.5 Å². The van der Waals surface area contributed by atoms with E-state index >= 15 is 0 Å². The minimum absolute atomic E-state index is 0.0740. The molecule has 0 radical (unpaired) electrons. The van der Waals surface area contributed by atoms with E-state index in [1.54, 1.807) is 12.1 Å². The molecular weight excluding hydrogens is 384 g/mol. The Kier molecular flexibility index (Phi) is 6.18. The van der Waals surface area contributed by atoms with E-state index < -0.39 is 0 Å². The van der Waals surface area contributed by atoms with Crippen molar-refractivity contribution in [2.24, 2.45) is 5.92 Å². The molecule has 7 heteroatoms. The normalized spacial score (nSPS) is 17.2. The van der Waals surface area contributed by atoms with Crippen LogP contribution in [-0.2, 0) is 17.6 Å². The van der Waals surface area contributed by atoms with Gasteiger partial charge in [0.15, 0.2) is 11.5 Å². The molecule has 1 fully saturated rings. The molecule has 2 aromatic carbocycles. The van der Waals surface area contributed by atoms with E-state index in [0.29, 0.717) is 23.7 Å². The van der Waals surface area contributed by atoms with Gasteiger partial charge in [0, 0.05) is 25.2 Å². The van der Waals surface area contributed by atoms with Gasteiger partial charge in [0.1, 0.15) is 0 Å². The van der Waals surface area contributed by atoms with E-state index in [0.717, 1.165) is 42.8 Å². The van der Waals surface area contributed by atoms with Crippen LogP contribution < -0.4 is 14.8 Å². The van der Waals surface area contributed by atoms with Gasteiger partial charge >= 0.3 is 0 Å². The number of rotatable bonds is 7. The topological polar surface area (TPSA) is 88.1 Å². The fourth-order valence-electron chi connectivity index (χ4n) is 3.96. The van der Waals surface area contributed by atoms with Crippen LogP contribution in [0.1, 0.15) is 27.9 Å². The number of amides is 2. The number of benzene rings is 2. The quantitative estimate of drug-likeness (QED) is 0.726. The highest BCUT2D eigenvalue weighted by molar-refractivity contribution is 5.94. The molecule has 1 atom stereocenters. The van der Waals surface area contributed by atoms with Crippen molar-refractivity contribution < 1.29 is 24.2 Å². The van der Waals surface area contributed by atoms with Crippen molar-refractivity contribution in [1.29, 1.82) is 0 Å². The summed E-state index contributed by atoms with van der Waals surface area (Å²) in [5.41, 5.74) is 2.67. The van der Waals surface area contributed by atoms with Gasteiger partial charge in [-0.2, -0.15) is 0 Å². The van der Waals surface area contributed by atoms with E-state index in [1.165, 1.54) is 0 Å². The molecule has 0 saturated carbocycles. The van der Waals surface area contributed by atoms with Crippen LogP contribution in [0.2, 0.25) is 0 Å². The van der Waals surface area contributed by atoms with Crippen molar-refractivity contribution in [1.82, 2.24) is 10.2 Å². The van der Waals surface area contributed by atoms with Crippen LogP contribution in [0.15, 0.2) is 42.5 Å². The molecular formula is C23H26N2O5. The predicted octanol–water partition coefficient (Wildman–Crippen LogP) is 1.77. The number of fused-ring (bicyclic) bond motifs is 1. The second-order valence-corrected chi connectivity index (χ2v) is 7.74. The zero-order valence-corrected chi connectivity index (χ0v) is 16.8. The maximum absolute atomic E-state index is 12.7. The zero-order valence-electron chi connectivity index (χ0n) is 16.8. The molecule has 1 unspecified atom stereocenters. The van der Waals surface area contributed by atoms with Gasteiger partial charge < -0.3 is 24.8 Å². The van der Waals surface area contributed by atoms with Gasteiger partial charge in [-0.05, 0) is 54.2 Å². The summed E-state index contributed by atoms with van der Waals surface area (Å²) in [6.45, 7) is 1.93. The van der Waals surface area contributed by atoms with Crippen LogP contribution in [0.25, 0.3) is 0 Å². The molecule has 158 valence electrons. The average Bonchev–Trinajstić information content (AvgIpc) is 3.41. The van der Waals surface area contributed by atoms with Crippen molar-refractivity contribution >= 4 is 11.8 Å². The van der Waals surface area contributed by atoms with Crippen LogP contribution in [-0.4, -0.2) is 54.9 Å². The number of hydrogen-bond acceptors (Lipinski definition) is 5. The lowest BCUT2D eigenvalue weighted by molar-refractivity contribution is -0.129. The largest absolute Gasteiger partial charge is 0.454 e. The highest BCUT2D eigenvalue weighted by atomic mass is 16.7. The standard InChI is InChI=1S/C23H26N2O5/c26-10-8-24-23(28)19-4-1-16(2-5-19)11-18-7-9-25(14-18)22(27)13-17-3-6-20-21(12-17)30-15-29-20/h1-6,12,18,26H,7-11,13-15H2,(H,24,28). The van der Waals surface area contributed by atoms with Crippen molar-refractivity contribution in [3.63, 3.8) is 0 Å². The van der Waals surface area contributed by atoms with E-state index in [9.17, 15) is 9.59 Å². The number of aliphatic hydroxyl groups is 1. The monoisotopic (exact) mass is 410 g/mol. The lowest BCUT2D eigenvalue weighted by atomic mass is 9.98. The summed E-state index contributed by atoms with van der Waals surface area (Å²) in [4.78, 5) is 26.6. The summed E-state index contributed by atoms with van der Waals surface area (Å²) < 4.78 is 10.7. The fourth-order valence-corrected chi connectivity index (χ4v) is 3.96. The van der Waals surface area contributed by atoms with E-state index in [-0.39, 0.29) is 31.8 Å². The molecule has 1 saturated heterocycles. The molecule has 30 heavy (non-hydrogen) atoms. The molecule has 0 aliphatic carbocycles. The van der Waals surface area contributed by atoms with Crippen LogP contribution >= 0.6 is 0 Å². The van der Waals surface area contributed by atoms with Gasteiger partial charge in [-0.3, -0.25) is 9.59 Å². The number of likely N-dealkylation sites (tertiary alicyclic amines) is 1. The zero-order chi connectivity index (χ0) is 20.9. The van der Waals surface area contributed by atoms with Crippen molar-refractivity contribution in [3.05, 3.63) is 59.2 Å². The number of carbonyl (C=O) groups is 2. The third-order valence-corrected chi connectivity index (χ3v) is 5.57. The van der Waals surface area contributed by atoms with Gasteiger partial charge in [-0.25, -0.2) is 0 Å². The highest BCUT2D eigenvalue weighted by Gasteiger charge is 2.26. The molecule has 7 nitrogen and oxygen atoms in total. The van der Waals surface area contributed by atoms with E-state index in [2.05, 4.69) is 5.32 Å². The summed E-state index contributed by atoms with van der Waals surface area (Å²) in [6, 6.07) is 13.2. The molecule has 0 bridgehead atoms. The molecule has 2 aliphatic rings. The Hall–Kier alpha value is -3.06. The first-order valence-electron chi connectivity index (χ1n) is 10.3. The minimum Gasteiger partial charge on any atom is -0.454 e. The molecule has 0 spiro atoms. The maximum Gasteiger partial charge on any atom is 0.251 e. The first-order valence-corrected chi connectivity index (χ1v) is 10.3. The molecule has 2 aromatic rings. The summed E-state index contributed by atoms with van der Waals surface area (Å²) in [5.74, 6) is 1.79. The Balaban J connectivity index is 1.28. The number of ether oxygens (including phenoxy) is 2. The molecule has 2 heterocycles. The lowest BCUT2D eigenvalue weighted by Crippen LogP contribution is -2.30. The summed E-state index contributed by atoms with van der Waals surface area (Å²) in [5, 5.41) is 11.4. The number of hydrogen-bond donors (Lipinski definition) is 2. The van der Waals surface area contributed by atoms with E-state index in [1.807, 2.05) is 35.2 Å². The third-order valence-electron chi connectivity index (χ3n) is 5.57. The first-order chi connectivity index (χ1) is 14.6. The number of aliphatic hydroxyl groups excluding tert-OH is 1. The fraction of sp³-hybridized carbons (Fsp3) is 0.391. The predicted molar refractivity (Wildman–Crippen MR) is 111 cm³/mol. The Bertz CT molecular complexity index is 912. The molecule has 2 N–H and O–H groups in total. The minimum atomic E-state index is -0.184. The summed E-state index contributed by atoms with van der Waals surface area (Å²) >= 11 is 0. The number of nitrogens with zero attached hydrogens (tertiary/aromatic N) is 1. The summed E-state index contributed by atoms with van der Waals surface area (Å²) in [6.07, 6.45) is 2.22. The average molecular weight is 410 g/mol. The third kappa shape index (κ3) is 4.74. The van der Waals surface area contributed by atoms with Crippen molar-refractivity contribution in [2.75, 3.05) is 33.0 Å².